The number of nitrogens with one attached hydrogen (secondary N) is 1. The molecule has 0 aliphatic heterocycles. The molecule has 0 heterocycles. The van der Waals surface area contributed by atoms with Crippen LogP contribution in [0.15, 0.2) is 47.6 Å². The highest BCUT2D eigenvalue weighted by molar-refractivity contribution is 5.95. The van der Waals surface area contributed by atoms with Crippen molar-refractivity contribution in [3.63, 3.8) is 0 Å². The van der Waals surface area contributed by atoms with Crippen LogP contribution in [0.5, 0.6) is 17.2 Å². The van der Waals surface area contributed by atoms with Gasteiger partial charge in [-0.1, -0.05) is 13.8 Å². The molecule has 6 heteroatoms. The molecule has 26 heavy (non-hydrogen) atoms. The van der Waals surface area contributed by atoms with Gasteiger partial charge in [-0.2, -0.15) is 5.10 Å². The van der Waals surface area contributed by atoms with E-state index < -0.39 is 0 Å². The summed E-state index contributed by atoms with van der Waals surface area (Å²) in [5.41, 5.74) is 3.74. The minimum atomic E-state index is -0.352. The molecule has 0 unspecified atom stereocenters. The van der Waals surface area contributed by atoms with E-state index in [-0.39, 0.29) is 5.91 Å². The molecule has 0 aliphatic carbocycles. The summed E-state index contributed by atoms with van der Waals surface area (Å²) in [7, 11) is 3.06. The molecule has 138 valence electrons. The van der Waals surface area contributed by atoms with E-state index in [0.717, 1.165) is 11.3 Å². The first-order valence-corrected chi connectivity index (χ1v) is 8.31. The second kappa shape index (κ2) is 9.46. The molecule has 0 atom stereocenters. The second-order valence-electron chi connectivity index (χ2n) is 6.07. The molecule has 1 amide bonds. The summed E-state index contributed by atoms with van der Waals surface area (Å²) < 4.78 is 15.9. The van der Waals surface area contributed by atoms with Gasteiger partial charge in [-0.25, -0.2) is 5.43 Å². The summed E-state index contributed by atoms with van der Waals surface area (Å²) >= 11 is 0. The number of ether oxygens (including phenoxy) is 3. The number of rotatable bonds is 8. The topological polar surface area (TPSA) is 69.2 Å². The van der Waals surface area contributed by atoms with E-state index in [1.807, 2.05) is 24.3 Å². The first-order valence-electron chi connectivity index (χ1n) is 8.31. The van der Waals surface area contributed by atoms with Crippen LogP contribution < -0.4 is 19.6 Å². The molecule has 0 saturated carbocycles. The predicted octanol–water partition coefficient (Wildman–Crippen LogP) is 3.50. The van der Waals surface area contributed by atoms with Crippen LogP contribution in [0.2, 0.25) is 0 Å². The summed E-state index contributed by atoms with van der Waals surface area (Å²) in [6, 6.07) is 12.4. The summed E-state index contributed by atoms with van der Waals surface area (Å²) in [5.74, 6) is 2.01. The first-order chi connectivity index (χ1) is 12.5. The number of hydrazone groups is 1. The number of nitrogens with zero attached hydrogens (tertiary/aromatic N) is 1. The molecule has 0 fully saturated rings. The van der Waals surface area contributed by atoms with Crippen molar-refractivity contribution in [1.29, 1.82) is 0 Å². The Kier molecular flexibility index (Phi) is 7.02. The van der Waals surface area contributed by atoms with Crippen LogP contribution in [0.3, 0.4) is 0 Å². The molecule has 0 spiro atoms. The van der Waals surface area contributed by atoms with E-state index in [4.69, 9.17) is 14.2 Å². The summed E-state index contributed by atoms with van der Waals surface area (Å²) in [6.07, 6.45) is 1.57. The van der Waals surface area contributed by atoms with Crippen molar-refractivity contribution in [2.75, 3.05) is 20.8 Å². The molecule has 2 aromatic carbocycles. The third-order valence-corrected chi connectivity index (χ3v) is 3.46. The number of hydrogen-bond donors (Lipinski definition) is 1. The highest BCUT2D eigenvalue weighted by Gasteiger charge is 2.09. The maximum atomic E-state index is 12.2. The lowest BCUT2D eigenvalue weighted by Crippen LogP contribution is -2.17. The zero-order valence-corrected chi connectivity index (χ0v) is 15.5. The summed E-state index contributed by atoms with van der Waals surface area (Å²) in [5, 5.41) is 3.99. The van der Waals surface area contributed by atoms with Gasteiger partial charge in [0.2, 0.25) is 0 Å². The fourth-order valence-corrected chi connectivity index (χ4v) is 2.08. The molecular formula is C20H24N2O4. The summed E-state index contributed by atoms with van der Waals surface area (Å²) in [4.78, 5) is 12.2. The molecular weight excluding hydrogens is 332 g/mol. The number of amides is 1. The van der Waals surface area contributed by atoms with E-state index in [1.54, 1.807) is 24.4 Å². The highest BCUT2D eigenvalue weighted by Crippen LogP contribution is 2.22. The molecule has 1 N–H and O–H groups in total. The molecule has 6 nitrogen and oxygen atoms in total. The predicted molar refractivity (Wildman–Crippen MR) is 101 cm³/mol. The van der Waals surface area contributed by atoms with Gasteiger partial charge in [-0.15, -0.1) is 0 Å². The maximum Gasteiger partial charge on any atom is 0.271 e. The van der Waals surface area contributed by atoms with Gasteiger partial charge in [0.15, 0.2) is 0 Å². The second-order valence-corrected chi connectivity index (χ2v) is 6.07. The number of carbonyl (C=O) groups excluding carboxylic acids is 1. The SMILES string of the molecule is COc1cc(OC)cc(C(=O)NN=Cc2ccc(OCC(C)C)cc2)c1. The Hall–Kier alpha value is -3.02. The van der Waals surface area contributed by atoms with Crippen molar-refractivity contribution in [2.45, 2.75) is 13.8 Å². The number of carbonyl (C=O) groups is 1. The van der Waals surface area contributed by atoms with Gasteiger partial charge in [-0.05, 0) is 47.9 Å². The van der Waals surface area contributed by atoms with Crippen molar-refractivity contribution >= 4 is 12.1 Å². The summed E-state index contributed by atoms with van der Waals surface area (Å²) in [6.45, 7) is 4.87. The van der Waals surface area contributed by atoms with Crippen molar-refractivity contribution in [3.8, 4) is 17.2 Å². The van der Waals surface area contributed by atoms with Crippen LogP contribution >= 0.6 is 0 Å². The van der Waals surface area contributed by atoms with Gasteiger partial charge in [0, 0.05) is 11.6 Å². The van der Waals surface area contributed by atoms with E-state index in [1.165, 1.54) is 14.2 Å². The van der Waals surface area contributed by atoms with Crippen molar-refractivity contribution in [2.24, 2.45) is 11.0 Å². The number of benzene rings is 2. The van der Waals surface area contributed by atoms with E-state index in [0.29, 0.717) is 29.6 Å². The van der Waals surface area contributed by atoms with E-state index >= 15 is 0 Å². The quantitative estimate of drug-likeness (QED) is 0.580. The zero-order valence-electron chi connectivity index (χ0n) is 15.5. The van der Waals surface area contributed by atoms with Crippen LogP contribution in [-0.2, 0) is 0 Å². The van der Waals surface area contributed by atoms with Gasteiger partial charge in [0.1, 0.15) is 17.2 Å². The zero-order chi connectivity index (χ0) is 18.9. The lowest BCUT2D eigenvalue weighted by Gasteiger charge is -2.08. The maximum absolute atomic E-state index is 12.2. The van der Waals surface area contributed by atoms with Gasteiger partial charge >= 0.3 is 0 Å². The van der Waals surface area contributed by atoms with Crippen molar-refractivity contribution in [1.82, 2.24) is 5.43 Å². The smallest absolute Gasteiger partial charge is 0.271 e. The Morgan fingerprint density at radius 3 is 2.19 bits per heavy atom. The third kappa shape index (κ3) is 5.81. The Morgan fingerprint density at radius 1 is 1.04 bits per heavy atom. The Balaban J connectivity index is 1.96. The van der Waals surface area contributed by atoms with Crippen molar-refractivity contribution in [3.05, 3.63) is 53.6 Å². The normalized spacial score (nSPS) is 10.8. The largest absolute Gasteiger partial charge is 0.497 e. The average Bonchev–Trinajstić information content (AvgIpc) is 2.66. The van der Waals surface area contributed by atoms with Crippen LogP contribution in [0.1, 0.15) is 29.8 Å². The number of methoxy groups -OCH3 is 2. The minimum Gasteiger partial charge on any atom is -0.497 e. The Labute approximate surface area is 153 Å². The van der Waals surface area contributed by atoms with Gasteiger partial charge in [-0.3, -0.25) is 4.79 Å². The number of hydrogen-bond acceptors (Lipinski definition) is 5. The Bertz CT molecular complexity index is 733. The van der Waals surface area contributed by atoms with Gasteiger partial charge in [0.25, 0.3) is 5.91 Å². The minimum absolute atomic E-state index is 0.352. The highest BCUT2D eigenvalue weighted by atomic mass is 16.5. The molecule has 0 bridgehead atoms. The van der Waals surface area contributed by atoms with Gasteiger partial charge in [0.05, 0.1) is 27.0 Å². The molecule has 2 rings (SSSR count). The lowest BCUT2D eigenvalue weighted by molar-refractivity contribution is 0.0954. The average molecular weight is 356 g/mol. The molecule has 0 radical (unpaired) electrons. The Morgan fingerprint density at radius 2 is 1.65 bits per heavy atom. The van der Waals surface area contributed by atoms with Gasteiger partial charge < -0.3 is 14.2 Å². The van der Waals surface area contributed by atoms with Crippen LogP contribution in [-0.4, -0.2) is 32.9 Å². The molecule has 2 aromatic rings. The lowest BCUT2D eigenvalue weighted by atomic mass is 10.2. The molecule has 0 aliphatic rings. The van der Waals surface area contributed by atoms with Crippen LogP contribution in [0.25, 0.3) is 0 Å². The monoisotopic (exact) mass is 356 g/mol. The van der Waals surface area contributed by atoms with Crippen molar-refractivity contribution < 1.29 is 19.0 Å². The van der Waals surface area contributed by atoms with E-state index in [9.17, 15) is 4.79 Å². The fraction of sp³-hybridized carbons (Fsp3) is 0.300. The van der Waals surface area contributed by atoms with Crippen LogP contribution in [0.4, 0.5) is 0 Å². The fourth-order valence-electron chi connectivity index (χ4n) is 2.08. The first kappa shape index (κ1) is 19.3. The molecule has 0 aromatic heterocycles. The van der Waals surface area contributed by atoms with E-state index in [2.05, 4.69) is 24.4 Å². The molecule has 0 saturated heterocycles. The third-order valence-electron chi connectivity index (χ3n) is 3.46. The van der Waals surface area contributed by atoms with Crippen LogP contribution in [0, 0.1) is 5.92 Å². The standard InChI is InChI=1S/C20H24N2O4/c1-14(2)13-26-17-7-5-15(6-8-17)12-21-22-20(23)16-9-18(24-3)11-19(10-16)25-4/h5-12,14H,13H2,1-4H3,(H,22,23).